The maximum atomic E-state index is 11.9. The van der Waals surface area contributed by atoms with Crippen LogP contribution >= 0.6 is 0 Å². The van der Waals surface area contributed by atoms with Gasteiger partial charge in [0, 0.05) is 17.8 Å². The quantitative estimate of drug-likeness (QED) is 0.679. The SMILES string of the molecule is Cc1cccc(C)c1NC(=O)COc1ccc([N+](=O)[O-])cc1. The number of hydrogen-bond donors (Lipinski definition) is 1. The minimum absolute atomic E-state index is 0.0210. The van der Waals surface area contributed by atoms with Crippen molar-refractivity contribution in [2.75, 3.05) is 11.9 Å². The number of amides is 1. The number of para-hydroxylation sites is 1. The Morgan fingerprint density at radius 1 is 1.14 bits per heavy atom. The normalized spacial score (nSPS) is 10.1. The molecule has 0 aliphatic rings. The number of nitro benzene ring substituents is 1. The average Bonchev–Trinajstić information content (AvgIpc) is 2.49. The number of aryl methyl sites for hydroxylation is 2. The summed E-state index contributed by atoms with van der Waals surface area (Å²) in [5.74, 6) is 0.123. The molecule has 0 fully saturated rings. The van der Waals surface area contributed by atoms with Crippen LogP contribution in [0, 0.1) is 24.0 Å². The Bertz CT molecular complexity index is 676. The molecule has 1 N–H and O–H groups in total. The summed E-state index contributed by atoms with van der Waals surface area (Å²) in [6.07, 6.45) is 0. The molecule has 2 aromatic carbocycles. The fourth-order valence-corrected chi connectivity index (χ4v) is 2.00. The smallest absolute Gasteiger partial charge is 0.269 e. The first kappa shape index (κ1) is 15.5. The van der Waals surface area contributed by atoms with E-state index in [0.717, 1.165) is 16.8 Å². The molecule has 1 amide bonds. The van der Waals surface area contributed by atoms with Crippen LogP contribution in [0.1, 0.15) is 11.1 Å². The number of nitrogens with one attached hydrogen (secondary N) is 1. The highest BCUT2D eigenvalue weighted by atomic mass is 16.6. The largest absolute Gasteiger partial charge is 0.484 e. The Labute approximate surface area is 127 Å². The first-order valence-corrected chi connectivity index (χ1v) is 6.70. The Morgan fingerprint density at radius 3 is 2.27 bits per heavy atom. The second-order valence-corrected chi connectivity index (χ2v) is 4.85. The van der Waals surface area contributed by atoms with Gasteiger partial charge in [-0.2, -0.15) is 0 Å². The lowest BCUT2D eigenvalue weighted by Gasteiger charge is -2.12. The van der Waals surface area contributed by atoms with Gasteiger partial charge in [0.2, 0.25) is 0 Å². The summed E-state index contributed by atoms with van der Waals surface area (Å²) in [4.78, 5) is 22.0. The zero-order chi connectivity index (χ0) is 16.1. The van der Waals surface area contributed by atoms with Gasteiger partial charge in [-0.1, -0.05) is 18.2 Å². The van der Waals surface area contributed by atoms with Gasteiger partial charge in [0.05, 0.1) is 4.92 Å². The van der Waals surface area contributed by atoms with E-state index < -0.39 is 4.92 Å². The van der Waals surface area contributed by atoms with Crippen LogP contribution in [0.4, 0.5) is 11.4 Å². The van der Waals surface area contributed by atoms with Crippen molar-refractivity contribution in [3.63, 3.8) is 0 Å². The number of carbonyl (C=O) groups is 1. The van der Waals surface area contributed by atoms with Gasteiger partial charge in [-0.05, 0) is 37.1 Å². The molecule has 22 heavy (non-hydrogen) atoms. The first-order valence-electron chi connectivity index (χ1n) is 6.70. The number of ether oxygens (including phenoxy) is 1. The number of nitrogens with zero attached hydrogens (tertiary/aromatic N) is 1. The topological polar surface area (TPSA) is 81.5 Å². The van der Waals surface area contributed by atoms with Crippen molar-refractivity contribution in [2.24, 2.45) is 0 Å². The van der Waals surface area contributed by atoms with Crippen LogP contribution < -0.4 is 10.1 Å². The highest BCUT2D eigenvalue weighted by Crippen LogP contribution is 2.20. The van der Waals surface area contributed by atoms with Gasteiger partial charge in [-0.3, -0.25) is 14.9 Å². The summed E-state index contributed by atoms with van der Waals surface area (Å²) in [5.41, 5.74) is 2.71. The fraction of sp³-hybridized carbons (Fsp3) is 0.188. The highest BCUT2D eigenvalue weighted by molar-refractivity contribution is 5.93. The number of anilines is 1. The van der Waals surface area contributed by atoms with Crippen LogP contribution in [0.5, 0.6) is 5.75 Å². The lowest BCUT2D eigenvalue weighted by atomic mass is 10.1. The molecule has 0 aliphatic heterocycles. The number of carbonyl (C=O) groups excluding carboxylic acids is 1. The predicted molar refractivity (Wildman–Crippen MR) is 83.1 cm³/mol. The third-order valence-electron chi connectivity index (χ3n) is 3.16. The maximum absolute atomic E-state index is 11.9. The molecule has 0 radical (unpaired) electrons. The monoisotopic (exact) mass is 300 g/mol. The van der Waals surface area contributed by atoms with Crippen molar-refractivity contribution >= 4 is 17.3 Å². The summed E-state index contributed by atoms with van der Waals surface area (Å²) in [6.45, 7) is 3.67. The number of benzene rings is 2. The van der Waals surface area contributed by atoms with Gasteiger partial charge in [0.1, 0.15) is 5.75 Å². The second-order valence-electron chi connectivity index (χ2n) is 4.85. The molecule has 0 aromatic heterocycles. The molecule has 6 heteroatoms. The molecule has 0 atom stereocenters. The molecule has 0 heterocycles. The summed E-state index contributed by atoms with van der Waals surface area (Å²) < 4.78 is 5.32. The third kappa shape index (κ3) is 3.82. The van der Waals surface area contributed by atoms with E-state index in [0.29, 0.717) is 5.75 Å². The Hall–Kier alpha value is -2.89. The molecule has 0 saturated carbocycles. The molecule has 0 unspecified atom stereocenters. The molecule has 0 saturated heterocycles. The third-order valence-corrected chi connectivity index (χ3v) is 3.16. The van der Waals surface area contributed by atoms with Crippen molar-refractivity contribution in [1.82, 2.24) is 0 Å². The van der Waals surface area contributed by atoms with Gasteiger partial charge in [-0.15, -0.1) is 0 Å². The second kappa shape index (κ2) is 6.71. The van der Waals surface area contributed by atoms with Crippen LogP contribution in [0.15, 0.2) is 42.5 Å². The Morgan fingerprint density at radius 2 is 1.73 bits per heavy atom. The van der Waals surface area contributed by atoms with Crippen LogP contribution in [0.2, 0.25) is 0 Å². The van der Waals surface area contributed by atoms with Gasteiger partial charge >= 0.3 is 0 Å². The van der Waals surface area contributed by atoms with Crippen molar-refractivity contribution < 1.29 is 14.5 Å². The van der Waals surface area contributed by atoms with Crippen LogP contribution in [0.3, 0.4) is 0 Å². The van der Waals surface area contributed by atoms with Gasteiger partial charge < -0.3 is 10.1 Å². The molecular formula is C16H16N2O4. The number of rotatable bonds is 5. The van der Waals surface area contributed by atoms with Crippen molar-refractivity contribution in [3.05, 3.63) is 63.7 Å². The minimum atomic E-state index is -0.489. The zero-order valence-corrected chi connectivity index (χ0v) is 12.3. The molecule has 6 nitrogen and oxygen atoms in total. The number of hydrogen-bond acceptors (Lipinski definition) is 4. The van der Waals surface area contributed by atoms with E-state index in [9.17, 15) is 14.9 Å². The molecule has 0 spiro atoms. The van der Waals surface area contributed by atoms with Crippen molar-refractivity contribution in [2.45, 2.75) is 13.8 Å². The lowest BCUT2D eigenvalue weighted by Crippen LogP contribution is -2.21. The van der Waals surface area contributed by atoms with E-state index in [1.807, 2.05) is 32.0 Å². The van der Waals surface area contributed by atoms with Gasteiger partial charge in [0.25, 0.3) is 11.6 Å². The zero-order valence-electron chi connectivity index (χ0n) is 12.3. The molecule has 2 rings (SSSR count). The summed E-state index contributed by atoms with van der Waals surface area (Å²) in [7, 11) is 0. The fourth-order valence-electron chi connectivity index (χ4n) is 2.00. The van der Waals surface area contributed by atoms with Gasteiger partial charge in [0.15, 0.2) is 6.61 Å². The molecule has 0 aliphatic carbocycles. The van der Waals surface area contributed by atoms with E-state index >= 15 is 0 Å². The first-order chi connectivity index (χ1) is 10.5. The van der Waals surface area contributed by atoms with E-state index in [2.05, 4.69) is 5.32 Å². The summed E-state index contributed by atoms with van der Waals surface area (Å²) in [5, 5.41) is 13.4. The van der Waals surface area contributed by atoms with E-state index in [1.54, 1.807) is 0 Å². The maximum Gasteiger partial charge on any atom is 0.269 e. The Balaban J connectivity index is 1.94. The van der Waals surface area contributed by atoms with Crippen LogP contribution in [0.25, 0.3) is 0 Å². The molecular weight excluding hydrogens is 284 g/mol. The average molecular weight is 300 g/mol. The van der Waals surface area contributed by atoms with E-state index in [1.165, 1.54) is 24.3 Å². The van der Waals surface area contributed by atoms with Gasteiger partial charge in [-0.25, -0.2) is 0 Å². The lowest BCUT2D eigenvalue weighted by molar-refractivity contribution is -0.384. The Kier molecular flexibility index (Phi) is 4.73. The molecule has 0 bridgehead atoms. The van der Waals surface area contributed by atoms with Crippen molar-refractivity contribution in [3.8, 4) is 5.75 Å². The molecule has 114 valence electrons. The van der Waals surface area contributed by atoms with E-state index in [4.69, 9.17) is 4.74 Å². The number of non-ortho nitro benzene ring substituents is 1. The summed E-state index contributed by atoms with van der Waals surface area (Å²) >= 11 is 0. The van der Waals surface area contributed by atoms with Crippen LogP contribution in [-0.4, -0.2) is 17.4 Å². The van der Waals surface area contributed by atoms with Crippen LogP contribution in [-0.2, 0) is 4.79 Å². The standard InChI is InChI=1S/C16H16N2O4/c1-11-4-3-5-12(2)16(11)17-15(19)10-22-14-8-6-13(7-9-14)18(20)21/h3-9H,10H2,1-2H3,(H,17,19). The highest BCUT2D eigenvalue weighted by Gasteiger charge is 2.09. The van der Waals surface area contributed by atoms with Crippen molar-refractivity contribution in [1.29, 1.82) is 0 Å². The molecule has 2 aromatic rings. The minimum Gasteiger partial charge on any atom is -0.484 e. The van der Waals surface area contributed by atoms with E-state index in [-0.39, 0.29) is 18.2 Å². The summed E-state index contributed by atoms with van der Waals surface area (Å²) in [6, 6.07) is 11.3. The number of nitro groups is 1. The predicted octanol–water partition coefficient (Wildman–Crippen LogP) is 3.23.